The summed E-state index contributed by atoms with van der Waals surface area (Å²) in [5, 5.41) is 10.2. The predicted octanol–water partition coefficient (Wildman–Crippen LogP) is 1.71. The van der Waals surface area contributed by atoms with E-state index in [4.69, 9.17) is 10.2 Å². The van der Waals surface area contributed by atoms with Gasteiger partial charge in [0.15, 0.2) is 17.1 Å². The number of aryl methyl sites for hydroxylation is 1. The maximum atomic E-state index is 5.98. The van der Waals surface area contributed by atoms with Gasteiger partial charge in [-0.3, -0.25) is 0 Å². The topological polar surface area (TPSA) is 100 Å². The van der Waals surface area contributed by atoms with Crippen LogP contribution in [0.4, 0.5) is 5.95 Å². The van der Waals surface area contributed by atoms with Gasteiger partial charge in [-0.25, -0.2) is 9.67 Å². The van der Waals surface area contributed by atoms with E-state index in [9.17, 15) is 0 Å². The molecule has 21 heavy (non-hydrogen) atoms. The van der Waals surface area contributed by atoms with E-state index in [-0.39, 0.29) is 5.95 Å². The highest BCUT2D eigenvalue weighted by molar-refractivity contribution is 9.09. The van der Waals surface area contributed by atoms with Gasteiger partial charge in [0.05, 0.1) is 24.4 Å². The van der Waals surface area contributed by atoms with Gasteiger partial charge in [-0.2, -0.15) is 14.6 Å². The monoisotopic (exact) mass is 347 g/mol. The van der Waals surface area contributed by atoms with E-state index >= 15 is 0 Å². The normalized spacial score (nSPS) is 11.7. The maximum absolute atomic E-state index is 5.98. The van der Waals surface area contributed by atoms with Crippen LogP contribution in [0.25, 0.3) is 28.3 Å². The van der Waals surface area contributed by atoms with Crippen LogP contribution in [-0.2, 0) is 6.54 Å². The number of nitrogens with zero attached hydrogens (tertiary/aromatic N) is 6. The van der Waals surface area contributed by atoms with Crippen molar-refractivity contribution in [2.24, 2.45) is 0 Å². The minimum absolute atomic E-state index is 0.263. The fraction of sp³-hybridized carbons (Fsp3) is 0.167. The molecule has 0 amide bonds. The number of halogens is 1. The average molecular weight is 348 g/mol. The number of nitrogen functional groups attached to an aromatic ring is 1. The van der Waals surface area contributed by atoms with Crippen molar-refractivity contribution >= 4 is 38.6 Å². The zero-order chi connectivity index (χ0) is 14.4. The third kappa shape index (κ3) is 1.81. The number of nitrogens with two attached hydrogens (primary N) is 1. The summed E-state index contributed by atoms with van der Waals surface area (Å²) in [6, 6.07) is 3.58. The van der Waals surface area contributed by atoms with Crippen LogP contribution in [-0.4, -0.2) is 34.7 Å². The Bertz CT molecular complexity index is 924. The van der Waals surface area contributed by atoms with Crippen LogP contribution in [0.3, 0.4) is 0 Å². The van der Waals surface area contributed by atoms with Gasteiger partial charge in [0, 0.05) is 5.33 Å². The highest BCUT2D eigenvalue weighted by Gasteiger charge is 2.17. The SMILES string of the molecule is Nc1nc2c(cnn2CCBr)c2nc(-c3ccco3)nn12. The van der Waals surface area contributed by atoms with Crippen LogP contribution < -0.4 is 5.73 Å². The van der Waals surface area contributed by atoms with E-state index in [0.717, 1.165) is 10.7 Å². The van der Waals surface area contributed by atoms with Crippen molar-refractivity contribution in [2.75, 3.05) is 11.1 Å². The van der Waals surface area contributed by atoms with E-state index in [1.54, 1.807) is 29.3 Å². The first-order chi connectivity index (χ1) is 10.3. The predicted molar refractivity (Wildman–Crippen MR) is 80.0 cm³/mol. The Hall–Kier alpha value is -2.42. The zero-order valence-electron chi connectivity index (χ0n) is 10.8. The summed E-state index contributed by atoms with van der Waals surface area (Å²) in [5.41, 5.74) is 7.29. The number of furan rings is 1. The summed E-state index contributed by atoms with van der Waals surface area (Å²) >= 11 is 3.39. The Balaban J connectivity index is 2.01. The molecule has 0 saturated carbocycles. The standard InChI is InChI=1S/C12H10BrN7O/c13-3-4-19-10-7(6-15-19)11-16-9(8-2-1-5-21-8)18-20(11)12(14)17-10/h1-2,5-6H,3-4H2,(H2,14,17). The zero-order valence-corrected chi connectivity index (χ0v) is 12.4. The Morgan fingerprint density at radius 3 is 2.95 bits per heavy atom. The molecule has 4 rings (SSSR count). The fourth-order valence-electron chi connectivity index (χ4n) is 2.21. The smallest absolute Gasteiger partial charge is 0.225 e. The van der Waals surface area contributed by atoms with Crippen LogP contribution >= 0.6 is 15.9 Å². The molecule has 0 radical (unpaired) electrons. The third-order valence-electron chi connectivity index (χ3n) is 3.14. The Morgan fingerprint density at radius 2 is 2.19 bits per heavy atom. The first-order valence-corrected chi connectivity index (χ1v) is 7.37. The minimum Gasteiger partial charge on any atom is -0.461 e. The van der Waals surface area contributed by atoms with Crippen molar-refractivity contribution in [3.05, 3.63) is 24.6 Å². The van der Waals surface area contributed by atoms with Gasteiger partial charge in [-0.05, 0) is 12.1 Å². The van der Waals surface area contributed by atoms with Crippen LogP contribution in [0.5, 0.6) is 0 Å². The molecule has 106 valence electrons. The highest BCUT2D eigenvalue weighted by Crippen LogP contribution is 2.23. The molecule has 4 aromatic rings. The molecule has 0 unspecified atom stereocenters. The van der Waals surface area contributed by atoms with Crippen LogP contribution in [0.1, 0.15) is 0 Å². The Morgan fingerprint density at radius 1 is 1.29 bits per heavy atom. The molecule has 2 N–H and O–H groups in total. The van der Waals surface area contributed by atoms with Gasteiger partial charge in [0.2, 0.25) is 11.8 Å². The van der Waals surface area contributed by atoms with Crippen LogP contribution in [0.2, 0.25) is 0 Å². The van der Waals surface area contributed by atoms with E-state index < -0.39 is 0 Å². The van der Waals surface area contributed by atoms with Crippen molar-refractivity contribution in [2.45, 2.75) is 6.54 Å². The highest BCUT2D eigenvalue weighted by atomic mass is 79.9. The van der Waals surface area contributed by atoms with Gasteiger partial charge in [-0.1, -0.05) is 15.9 Å². The molecule has 0 aliphatic carbocycles. The molecule has 0 aliphatic rings. The van der Waals surface area contributed by atoms with E-state index in [0.29, 0.717) is 29.4 Å². The van der Waals surface area contributed by atoms with E-state index in [1.807, 2.05) is 0 Å². The molecule has 0 aliphatic heterocycles. The summed E-state index contributed by atoms with van der Waals surface area (Å²) in [5.74, 6) is 1.31. The van der Waals surface area contributed by atoms with Gasteiger partial charge in [0.25, 0.3) is 0 Å². The molecule has 0 spiro atoms. The molecule has 0 bridgehead atoms. The largest absolute Gasteiger partial charge is 0.461 e. The molecule has 4 heterocycles. The van der Waals surface area contributed by atoms with Crippen LogP contribution in [0, 0.1) is 0 Å². The van der Waals surface area contributed by atoms with E-state index in [1.165, 1.54) is 4.52 Å². The number of anilines is 1. The summed E-state index contributed by atoms with van der Waals surface area (Å²) in [4.78, 5) is 8.85. The first kappa shape index (κ1) is 12.3. The molecule has 0 atom stereocenters. The Kier molecular flexibility index (Phi) is 2.67. The lowest BCUT2D eigenvalue weighted by Crippen LogP contribution is -2.06. The second-order valence-corrected chi connectivity index (χ2v) is 5.21. The van der Waals surface area contributed by atoms with Gasteiger partial charge in [-0.15, -0.1) is 5.10 Å². The second kappa shape index (κ2) is 4.55. The van der Waals surface area contributed by atoms with Crippen LogP contribution in [0.15, 0.2) is 29.0 Å². The molecule has 0 saturated heterocycles. The van der Waals surface area contributed by atoms with Gasteiger partial charge >= 0.3 is 0 Å². The molecule has 4 aromatic heterocycles. The number of hydrogen-bond acceptors (Lipinski definition) is 6. The minimum atomic E-state index is 0.263. The molecular weight excluding hydrogens is 338 g/mol. The quantitative estimate of drug-likeness (QED) is 0.566. The lowest BCUT2D eigenvalue weighted by molar-refractivity contribution is 0.577. The number of rotatable bonds is 3. The lowest BCUT2D eigenvalue weighted by Gasteiger charge is -2.01. The Labute approximate surface area is 126 Å². The summed E-state index contributed by atoms with van der Waals surface area (Å²) in [6.07, 6.45) is 3.30. The van der Waals surface area contributed by atoms with Gasteiger partial charge < -0.3 is 10.2 Å². The molecule has 0 aromatic carbocycles. The summed E-state index contributed by atoms with van der Waals surface area (Å²) in [7, 11) is 0. The van der Waals surface area contributed by atoms with Crippen molar-refractivity contribution in [3.8, 4) is 11.6 Å². The third-order valence-corrected chi connectivity index (χ3v) is 3.49. The summed E-state index contributed by atoms with van der Waals surface area (Å²) in [6.45, 7) is 0.700. The molecular formula is C12H10BrN7O. The van der Waals surface area contributed by atoms with Gasteiger partial charge in [0.1, 0.15) is 0 Å². The number of aromatic nitrogens is 6. The second-order valence-electron chi connectivity index (χ2n) is 4.41. The maximum Gasteiger partial charge on any atom is 0.225 e. The molecule has 8 nitrogen and oxygen atoms in total. The lowest BCUT2D eigenvalue weighted by atomic mass is 10.4. The summed E-state index contributed by atoms with van der Waals surface area (Å²) < 4.78 is 8.60. The first-order valence-electron chi connectivity index (χ1n) is 6.25. The average Bonchev–Trinajstić information content (AvgIpc) is 3.16. The number of fused-ring (bicyclic) bond motifs is 3. The van der Waals surface area contributed by atoms with Crippen molar-refractivity contribution in [3.63, 3.8) is 0 Å². The molecule has 0 fully saturated rings. The fourth-order valence-corrected chi connectivity index (χ4v) is 2.55. The van der Waals surface area contributed by atoms with Crippen molar-refractivity contribution in [1.82, 2.24) is 29.4 Å². The number of hydrogen-bond donors (Lipinski definition) is 1. The van der Waals surface area contributed by atoms with E-state index in [2.05, 4.69) is 36.1 Å². The number of alkyl halides is 1. The van der Waals surface area contributed by atoms with Crippen molar-refractivity contribution in [1.29, 1.82) is 0 Å². The molecule has 9 heteroatoms. The van der Waals surface area contributed by atoms with Crippen molar-refractivity contribution < 1.29 is 4.42 Å².